The van der Waals surface area contributed by atoms with E-state index in [0.29, 0.717) is 25.0 Å². The number of carbonyl (C=O) groups is 3. The second kappa shape index (κ2) is 10.5. The number of carboxylic acid groups (broad SMARTS) is 1. The highest BCUT2D eigenvalue weighted by atomic mass is 16.4. The number of hydrogen-bond acceptors (Lipinski definition) is 5. The van der Waals surface area contributed by atoms with Gasteiger partial charge in [-0.05, 0) is 71.7 Å². The lowest BCUT2D eigenvalue weighted by Gasteiger charge is -2.16. The van der Waals surface area contributed by atoms with Crippen molar-refractivity contribution in [2.24, 2.45) is 0 Å². The van der Waals surface area contributed by atoms with Crippen molar-refractivity contribution in [1.29, 1.82) is 0 Å². The molecule has 5 rings (SSSR count). The average Bonchev–Trinajstić information content (AvgIpc) is 3.58. The van der Waals surface area contributed by atoms with E-state index in [1.165, 1.54) is 16.8 Å². The minimum absolute atomic E-state index is 0.107. The van der Waals surface area contributed by atoms with Crippen LogP contribution in [0, 0.1) is 6.92 Å². The summed E-state index contributed by atoms with van der Waals surface area (Å²) in [5.74, 6) is -1.77. The maximum Gasteiger partial charge on any atom is 0.335 e. The lowest BCUT2D eigenvalue weighted by atomic mass is 9.98. The zero-order chi connectivity index (χ0) is 27.7. The van der Waals surface area contributed by atoms with Crippen molar-refractivity contribution in [2.45, 2.75) is 45.7 Å². The number of hydrogen-bond donors (Lipinski definition) is 3. The van der Waals surface area contributed by atoms with Crippen LogP contribution >= 0.6 is 0 Å². The van der Waals surface area contributed by atoms with Gasteiger partial charge in [-0.2, -0.15) is 5.10 Å². The number of aromatic nitrogens is 3. The summed E-state index contributed by atoms with van der Waals surface area (Å²) in [6.45, 7) is 8.22. The van der Waals surface area contributed by atoms with Crippen molar-refractivity contribution < 1.29 is 19.5 Å². The summed E-state index contributed by atoms with van der Waals surface area (Å²) in [6, 6.07) is 14.0. The molecule has 0 aliphatic heterocycles. The van der Waals surface area contributed by atoms with Crippen LogP contribution in [0.15, 0.2) is 61.3 Å². The van der Waals surface area contributed by atoms with E-state index >= 15 is 0 Å². The first-order valence-corrected chi connectivity index (χ1v) is 12.8. The Morgan fingerprint density at radius 1 is 1.13 bits per heavy atom. The fourth-order valence-corrected chi connectivity index (χ4v) is 5.06. The van der Waals surface area contributed by atoms with Crippen molar-refractivity contribution in [1.82, 2.24) is 25.2 Å². The normalized spacial score (nSPS) is 14.2. The van der Waals surface area contributed by atoms with Gasteiger partial charge in [-0.25, -0.2) is 14.3 Å². The number of aromatic carboxylic acids is 1. The van der Waals surface area contributed by atoms with E-state index < -0.39 is 17.8 Å². The Balaban J connectivity index is 1.36. The van der Waals surface area contributed by atoms with Crippen LogP contribution in [0.4, 0.5) is 0 Å². The Bertz CT molecular complexity index is 1640. The first kappa shape index (κ1) is 25.8. The minimum atomic E-state index is -0.967. The molecule has 0 saturated carbocycles. The molecule has 1 aliphatic rings. The van der Waals surface area contributed by atoms with Crippen molar-refractivity contribution in [3.8, 4) is 0 Å². The molecule has 1 atom stereocenters. The summed E-state index contributed by atoms with van der Waals surface area (Å²) in [4.78, 5) is 42.4. The van der Waals surface area contributed by atoms with Gasteiger partial charge in [0.2, 0.25) is 0 Å². The highest BCUT2D eigenvalue weighted by Crippen LogP contribution is 2.35. The van der Waals surface area contributed by atoms with Gasteiger partial charge in [0, 0.05) is 18.7 Å². The second-order valence-corrected chi connectivity index (χ2v) is 9.64. The summed E-state index contributed by atoms with van der Waals surface area (Å²) < 4.78 is 1.40. The van der Waals surface area contributed by atoms with Crippen molar-refractivity contribution in [3.63, 3.8) is 0 Å². The Labute approximate surface area is 225 Å². The zero-order valence-corrected chi connectivity index (χ0v) is 21.8. The number of carbonyl (C=O) groups excluding carboxylic acids is 2. The van der Waals surface area contributed by atoms with E-state index in [9.17, 15) is 19.5 Å². The Hall–Kier alpha value is -4.79. The van der Waals surface area contributed by atoms with Crippen LogP contribution in [-0.4, -0.2) is 37.5 Å². The SMILES string of the molecule is C=C(CC)c1cccc(CNC(=O)c2cc(C(=O)N[C@H]3CCc4c3ccc(C(=O)O)c4C)n3nccc3n2)c1. The number of rotatable bonds is 8. The molecule has 39 heavy (non-hydrogen) atoms. The number of benzene rings is 2. The molecule has 0 bridgehead atoms. The number of nitrogens with one attached hydrogen (secondary N) is 2. The first-order chi connectivity index (χ1) is 18.8. The second-order valence-electron chi connectivity index (χ2n) is 9.64. The lowest BCUT2D eigenvalue weighted by molar-refractivity contribution is 0.0695. The van der Waals surface area contributed by atoms with E-state index in [1.807, 2.05) is 31.2 Å². The van der Waals surface area contributed by atoms with Gasteiger partial charge < -0.3 is 15.7 Å². The molecule has 0 spiro atoms. The topological polar surface area (TPSA) is 126 Å². The maximum atomic E-state index is 13.4. The number of amides is 2. The van der Waals surface area contributed by atoms with E-state index in [4.69, 9.17) is 0 Å². The van der Waals surface area contributed by atoms with Crippen molar-refractivity contribution in [3.05, 3.63) is 106 Å². The molecule has 2 aromatic heterocycles. The van der Waals surface area contributed by atoms with Gasteiger partial charge >= 0.3 is 5.97 Å². The fraction of sp³-hybridized carbons (Fsp3) is 0.233. The summed E-state index contributed by atoms with van der Waals surface area (Å²) in [5.41, 5.74) is 6.50. The lowest BCUT2D eigenvalue weighted by Crippen LogP contribution is -2.30. The fourth-order valence-electron chi connectivity index (χ4n) is 5.06. The van der Waals surface area contributed by atoms with Crippen LogP contribution in [0.1, 0.15) is 85.0 Å². The monoisotopic (exact) mass is 523 g/mol. The molecule has 1 aliphatic carbocycles. The molecule has 0 saturated heterocycles. The average molecular weight is 524 g/mol. The predicted molar refractivity (Wildman–Crippen MR) is 147 cm³/mol. The standard InChI is InChI=1S/C30H29N5O4/c1-4-17(2)20-7-5-6-19(14-20)16-31-28(36)25-15-26(35-27(33-25)12-13-32-35)29(37)34-24-11-10-21-18(3)22(30(38)39)8-9-23(21)24/h5-9,12-15,24H,2,4,10-11,16H2,1,3H3,(H,31,36)(H,34,37)(H,38,39)/t24-/m0/s1. The van der Waals surface area contributed by atoms with Crippen molar-refractivity contribution >= 4 is 29.0 Å². The molecule has 9 heteroatoms. The highest BCUT2D eigenvalue weighted by molar-refractivity contribution is 5.98. The quantitative estimate of drug-likeness (QED) is 0.312. The van der Waals surface area contributed by atoms with Crippen LogP contribution in [0.25, 0.3) is 11.2 Å². The molecule has 2 heterocycles. The highest BCUT2D eigenvalue weighted by Gasteiger charge is 2.28. The van der Waals surface area contributed by atoms with E-state index in [1.54, 1.807) is 25.1 Å². The van der Waals surface area contributed by atoms with Crippen molar-refractivity contribution in [2.75, 3.05) is 0 Å². The molecular formula is C30H29N5O4. The maximum absolute atomic E-state index is 13.4. The van der Waals surface area contributed by atoms with Crippen LogP contribution < -0.4 is 10.6 Å². The van der Waals surface area contributed by atoms with Gasteiger partial charge in [-0.3, -0.25) is 9.59 Å². The molecule has 2 aromatic carbocycles. The van der Waals surface area contributed by atoms with Gasteiger partial charge in [-0.15, -0.1) is 0 Å². The summed E-state index contributed by atoms with van der Waals surface area (Å²) in [6.07, 6.45) is 3.68. The number of nitrogens with zero attached hydrogens (tertiary/aromatic N) is 3. The van der Waals surface area contributed by atoms with Gasteiger partial charge in [0.1, 0.15) is 11.4 Å². The number of allylic oxidation sites excluding steroid dienone is 1. The predicted octanol–water partition coefficient (Wildman–Crippen LogP) is 4.51. The molecule has 0 radical (unpaired) electrons. The molecule has 198 valence electrons. The molecule has 9 nitrogen and oxygen atoms in total. The zero-order valence-electron chi connectivity index (χ0n) is 21.8. The molecule has 0 unspecified atom stereocenters. The molecule has 0 fully saturated rings. The Morgan fingerprint density at radius 3 is 2.72 bits per heavy atom. The third kappa shape index (κ3) is 5.03. The minimum Gasteiger partial charge on any atom is -0.478 e. The van der Waals surface area contributed by atoms with Gasteiger partial charge in [-0.1, -0.05) is 37.8 Å². The summed E-state index contributed by atoms with van der Waals surface area (Å²) in [5, 5.41) is 19.6. The molecule has 4 aromatic rings. The van der Waals surface area contributed by atoms with Gasteiger partial charge in [0.15, 0.2) is 5.65 Å². The molecule has 3 N–H and O–H groups in total. The van der Waals surface area contributed by atoms with E-state index in [2.05, 4.69) is 27.3 Å². The van der Waals surface area contributed by atoms with Gasteiger partial charge in [0.25, 0.3) is 11.8 Å². The van der Waals surface area contributed by atoms with E-state index in [-0.39, 0.29) is 23.0 Å². The number of fused-ring (bicyclic) bond motifs is 2. The van der Waals surface area contributed by atoms with Gasteiger partial charge in [0.05, 0.1) is 17.8 Å². The third-order valence-corrected chi connectivity index (χ3v) is 7.27. The molecular weight excluding hydrogens is 494 g/mol. The van der Waals surface area contributed by atoms with Crippen LogP contribution in [0.2, 0.25) is 0 Å². The first-order valence-electron chi connectivity index (χ1n) is 12.8. The summed E-state index contributed by atoms with van der Waals surface area (Å²) in [7, 11) is 0. The molecule has 2 amide bonds. The third-order valence-electron chi connectivity index (χ3n) is 7.27. The number of carboxylic acids is 1. The Kier molecular flexibility index (Phi) is 6.98. The van der Waals surface area contributed by atoms with E-state index in [0.717, 1.165) is 39.8 Å². The van der Waals surface area contributed by atoms with Crippen LogP contribution in [-0.2, 0) is 13.0 Å². The smallest absolute Gasteiger partial charge is 0.335 e. The van der Waals surface area contributed by atoms with Crippen LogP contribution in [0.3, 0.4) is 0 Å². The Morgan fingerprint density at radius 2 is 1.95 bits per heavy atom. The summed E-state index contributed by atoms with van der Waals surface area (Å²) >= 11 is 0. The van der Waals surface area contributed by atoms with Crippen LogP contribution in [0.5, 0.6) is 0 Å². The largest absolute Gasteiger partial charge is 0.478 e.